The molecule has 2 aromatic rings. The molecule has 0 spiro atoms. The summed E-state index contributed by atoms with van der Waals surface area (Å²) in [5, 5.41) is 10.3. The van der Waals surface area contributed by atoms with E-state index in [4.69, 9.17) is 4.42 Å². The van der Waals surface area contributed by atoms with Gasteiger partial charge in [0.1, 0.15) is 5.75 Å². The van der Waals surface area contributed by atoms with Gasteiger partial charge in [-0.05, 0) is 25.0 Å². The van der Waals surface area contributed by atoms with Crippen LogP contribution in [0.1, 0.15) is 55.1 Å². The smallest absolute Gasteiger partial charge is 0.309 e. The van der Waals surface area contributed by atoms with Crippen molar-refractivity contribution in [2.75, 3.05) is 0 Å². The van der Waals surface area contributed by atoms with E-state index in [0.29, 0.717) is 0 Å². The van der Waals surface area contributed by atoms with Crippen LogP contribution in [-0.4, -0.2) is 30.6 Å². The highest BCUT2D eigenvalue weighted by atomic mass is 32.2. The van der Waals surface area contributed by atoms with Gasteiger partial charge in [0.25, 0.3) is 0 Å². The molecule has 0 atom stereocenters. The van der Waals surface area contributed by atoms with Gasteiger partial charge in [0.2, 0.25) is 5.89 Å². The molecule has 1 heterocycles. The lowest BCUT2D eigenvalue weighted by Crippen LogP contribution is -2.34. The normalized spacial score (nSPS) is 16.3. The van der Waals surface area contributed by atoms with E-state index in [1.165, 1.54) is 25.0 Å². The summed E-state index contributed by atoms with van der Waals surface area (Å²) in [4.78, 5) is 12.4. The lowest BCUT2D eigenvalue weighted by atomic mass is 10.1. The number of carbonyl (C=O) groups excluding carboxylic acids is 1. The Hall–Kier alpha value is -2.22. The Kier molecular flexibility index (Phi) is 5.47. The van der Waals surface area contributed by atoms with E-state index in [-0.39, 0.29) is 22.7 Å². The van der Waals surface area contributed by atoms with Crippen molar-refractivity contribution in [3.8, 4) is 0 Å². The molecule has 1 saturated carbocycles. The third-order valence-corrected chi connectivity index (χ3v) is 5.88. The molecule has 1 aliphatic carbocycles. The van der Waals surface area contributed by atoms with Crippen LogP contribution < -0.4 is 5.32 Å². The highest BCUT2D eigenvalue weighted by Crippen LogP contribution is 2.18. The van der Waals surface area contributed by atoms with Gasteiger partial charge in [-0.2, -0.15) is 0 Å². The van der Waals surface area contributed by atoms with E-state index >= 15 is 0 Å². The molecule has 0 radical (unpaired) electrons. The average molecular weight is 363 g/mol. The Morgan fingerprint density at radius 1 is 1.08 bits per heavy atom. The number of rotatable bonds is 5. The topological polar surface area (TPSA) is 102 Å². The lowest BCUT2D eigenvalue weighted by Gasteiger charge is -2.14. The fraction of sp³-hybridized carbons (Fsp3) is 0.471. The van der Waals surface area contributed by atoms with E-state index in [0.717, 1.165) is 25.7 Å². The molecule has 8 heteroatoms. The van der Waals surface area contributed by atoms with E-state index < -0.39 is 21.5 Å². The molecule has 1 aromatic carbocycles. The fourth-order valence-corrected chi connectivity index (χ4v) is 4.13. The van der Waals surface area contributed by atoms with Crippen molar-refractivity contribution in [2.45, 2.75) is 55.2 Å². The zero-order chi connectivity index (χ0) is 17.7. The molecule has 1 N–H and O–H groups in total. The first-order valence-corrected chi connectivity index (χ1v) is 10.1. The summed E-state index contributed by atoms with van der Waals surface area (Å²) in [5.41, 5.74) is 0. The molecular weight excluding hydrogens is 342 g/mol. The second-order valence-electron chi connectivity index (χ2n) is 6.24. The number of hydrogen-bond acceptors (Lipinski definition) is 6. The molecule has 0 unspecified atom stereocenters. The lowest BCUT2D eigenvalue weighted by molar-refractivity contribution is 0.0896. The van der Waals surface area contributed by atoms with E-state index in [2.05, 4.69) is 15.5 Å². The van der Waals surface area contributed by atoms with Crippen LogP contribution in [0.3, 0.4) is 0 Å². The SMILES string of the molecule is O=C(NC1CCCCCC1)c1nnc(CS(=O)(=O)c2ccccc2)o1. The van der Waals surface area contributed by atoms with Crippen molar-refractivity contribution in [1.29, 1.82) is 0 Å². The van der Waals surface area contributed by atoms with Crippen LogP contribution in [0.25, 0.3) is 0 Å². The highest BCUT2D eigenvalue weighted by molar-refractivity contribution is 7.90. The summed E-state index contributed by atoms with van der Waals surface area (Å²) in [6.07, 6.45) is 6.44. The van der Waals surface area contributed by atoms with Crippen molar-refractivity contribution in [2.24, 2.45) is 0 Å². The zero-order valence-electron chi connectivity index (χ0n) is 13.8. The number of benzene rings is 1. The van der Waals surface area contributed by atoms with Crippen LogP contribution in [0.15, 0.2) is 39.6 Å². The van der Waals surface area contributed by atoms with Gasteiger partial charge in [-0.15, -0.1) is 10.2 Å². The predicted molar refractivity (Wildman–Crippen MR) is 90.6 cm³/mol. The van der Waals surface area contributed by atoms with Crippen LogP contribution in [-0.2, 0) is 15.6 Å². The minimum atomic E-state index is -3.59. The molecule has 0 bridgehead atoms. The van der Waals surface area contributed by atoms with E-state index in [1.54, 1.807) is 18.2 Å². The van der Waals surface area contributed by atoms with Gasteiger partial charge < -0.3 is 9.73 Å². The van der Waals surface area contributed by atoms with Crippen molar-refractivity contribution in [3.05, 3.63) is 42.1 Å². The van der Waals surface area contributed by atoms with Crippen LogP contribution in [0.4, 0.5) is 0 Å². The highest BCUT2D eigenvalue weighted by Gasteiger charge is 2.23. The monoisotopic (exact) mass is 363 g/mol. The number of sulfone groups is 1. The summed E-state index contributed by atoms with van der Waals surface area (Å²) in [6, 6.07) is 8.15. The summed E-state index contributed by atoms with van der Waals surface area (Å²) in [7, 11) is -3.59. The van der Waals surface area contributed by atoms with Crippen LogP contribution in [0, 0.1) is 0 Å². The van der Waals surface area contributed by atoms with Gasteiger partial charge >= 0.3 is 11.8 Å². The Balaban J connectivity index is 1.64. The molecule has 1 aromatic heterocycles. The quantitative estimate of drug-likeness (QED) is 0.819. The van der Waals surface area contributed by atoms with Gasteiger partial charge in [-0.25, -0.2) is 8.42 Å². The first-order valence-electron chi connectivity index (χ1n) is 8.46. The second-order valence-corrected chi connectivity index (χ2v) is 8.22. The van der Waals surface area contributed by atoms with E-state index in [1.807, 2.05) is 0 Å². The van der Waals surface area contributed by atoms with Crippen LogP contribution >= 0.6 is 0 Å². The Bertz CT molecular complexity index is 809. The van der Waals surface area contributed by atoms with Gasteiger partial charge in [-0.3, -0.25) is 4.79 Å². The molecule has 0 aliphatic heterocycles. The Morgan fingerprint density at radius 3 is 2.44 bits per heavy atom. The minimum Gasteiger partial charge on any atom is -0.416 e. The van der Waals surface area contributed by atoms with Crippen LogP contribution in [0.2, 0.25) is 0 Å². The summed E-state index contributed by atoms with van der Waals surface area (Å²) in [5.74, 6) is -1.15. The number of amides is 1. The van der Waals surface area contributed by atoms with E-state index in [9.17, 15) is 13.2 Å². The molecule has 1 aliphatic rings. The van der Waals surface area contributed by atoms with Crippen molar-refractivity contribution < 1.29 is 17.6 Å². The third-order valence-electron chi connectivity index (χ3n) is 4.27. The second kappa shape index (κ2) is 7.77. The first kappa shape index (κ1) is 17.6. The maximum absolute atomic E-state index is 12.3. The number of nitrogens with zero attached hydrogens (tertiary/aromatic N) is 2. The molecule has 25 heavy (non-hydrogen) atoms. The van der Waals surface area contributed by atoms with Gasteiger partial charge in [0, 0.05) is 6.04 Å². The Morgan fingerprint density at radius 2 is 1.76 bits per heavy atom. The molecule has 134 valence electrons. The summed E-state index contributed by atoms with van der Waals surface area (Å²) < 4.78 is 29.9. The standard InChI is InChI=1S/C17H21N3O4S/c21-16(18-13-8-4-1-2-5-9-13)17-20-19-15(24-17)12-25(22,23)14-10-6-3-7-11-14/h3,6-7,10-11,13H,1-2,4-5,8-9,12H2,(H,18,21). The predicted octanol–water partition coefficient (Wildman–Crippen LogP) is 2.50. The summed E-state index contributed by atoms with van der Waals surface area (Å²) in [6.45, 7) is 0. The van der Waals surface area contributed by atoms with Gasteiger partial charge in [-0.1, -0.05) is 43.9 Å². The molecule has 1 fully saturated rings. The van der Waals surface area contributed by atoms with Crippen molar-refractivity contribution in [3.63, 3.8) is 0 Å². The third kappa shape index (κ3) is 4.66. The van der Waals surface area contributed by atoms with Crippen LogP contribution in [0.5, 0.6) is 0 Å². The number of hydrogen-bond donors (Lipinski definition) is 1. The average Bonchev–Trinajstić information content (AvgIpc) is 2.91. The molecular formula is C17H21N3O4S. The Labute approximate surface area is 146 Å². The number of carbonyl (C=O) groups is 1. The van der Waals surface area contributed by atoms with Gasteiger partial charge in [0.05, 0.1) is 4.90 Å². The van der Waals surface area contributed by atoms with Crippen molar-refractivity contribution >= 4 is 15.7 Å². The largest absolute Gasteiger partial charge is 0.416 e. The molecule has 3 rings (SSSR count). The summed E-state index contributed by atoms with van der Waals surface area (Å²) >= 11 is 0. The minimum absolute atomic E-state index is 0.0881. The number of nitrogens with one attached hydrogen (secondary N) is 1. The maximum atomic E-state index is 12.3. The molecule has 0 saturated heterocycles. The van der Waals surface area contributed by atoms with Gasteiger partial charge in [0.15, 0.2) is 9.84 Å². The maximum Gasteiger partial charge on any atom is 0.309 e. The first-order chi connectivity index (χ1) is 12.0. The zero-order valence-corrected chi connectivity index (χ0v) is 14.7. The number of aromatic nitrogens is 2. The fourth-order valence-electron chi connectivity index (χ4n) is 2.95. The molecule has 7 nitrogen and oxygen atoms in total. The van der Waals surface area contributed by atoms with Crippen molar-refractivity contribution in [1.82, 2.24) is 15.5 Å². The molecule has 1 amide bonds.